The topological polar surface area (TPSA) is 183 Å². The molecule has 0 bridgehead atoms. The van der Waals surface area contributed by atoms with Gasteiger partial charge in [0.1, 0.15) is 12.6 Å². The number of allylic oxidation sites excluding steroid dienone is 1. The normalized spacial score (nSPS) is 37.4. The summed E-state index contributed by atoms with van der Waals surface area (Å²) in [5.74, 6) is -1.40. The highest BCUT2D eigenvalue weighted by Crippen LogP contribution is 2.72. The Kier molecular flexibility index (Phi) is 11.5. The van der Waals surface area contributed by atoms with Crippen LogP contribution in [0.5, 0.6) is 0 Å². The molecule has 0 aromatic heterocycles. The summed E-state index contributed by atoms with van der Waals surface area (Å²) in [6.07, 6.45) is 1.72. The first kappa shape index (κ1) is 40.7. The third-order valence-corrected chi connectivity index (χ3v) is 14.2. The van der Waals surface area contributed by atoms with E-state index in [1.54, 1.807) is 13.8 Å². The van der Waals surface area contributed by atoms with Gasteiger partial charge in [-0.1, -0.05) is 52.7 Å². The van der Waals surface area contributed by atoms with Crippen LogP contribution in [0.3, 0.4) is 0 Å². The second-order valence-electron chi connectivity index (χ2n) is 18.4. The van der Waals surface area contributed by atoms with E-state index in [1.165, 1.54) is 25.2 Å². The van der Waals surface area contributed by atoms with Crippen molar-refractivity contribution in [1.29, 1.82) is 0 Å². The molecule has 0 aromatic carbocycles. The van der Waals surface area contributed by atoms with Crippen molar-refractivity contribution in [3.8, 4) is 0 Å². The number of esters is 2. The van der Waals surface area contributed by atoms with Crippen LogP contribution in [0, 0.1) is 39.4 Å². The third kappa shape index (κ3) is 7.28. The van der Waals surface area contributed by atoms with Crippen LogP contribution in [-0.4, -0.2) is 92.7 Å². The molecule has 0 spiro atoms. The van der Waals surface area contributed by atoms with Gasteiger partial charge in [0.2, 0.25) is 5.91 Å². The van der Waals surface area contributed by atoms with E-state index in [-0.39, 0.29) is 35.1 Å². The van der Waals surface area contributed by atoms with Crippen LogP contribution in [0.1, 0.15) is 127 Å². The fourth-order valence-corrected chi connectivity index (χ4v) is 11.2. The van der Waals surface area contributed by atoms with Crippen LogP contribution in [0.25, 0.3) is 0 Å². The van der Waals surface area contributed by atoms with Crippen molar-refractivity contribution in [2.24, 2.45) is 39.4 Å². The van der Waals surface area contributed by atoms with Gasteiger partial charge in [0.25, 0.3) is 0 Å². The summed E-state index contributed by atoms with van der Waals surface area (Å²) in [7, 11) is 1.20. The summed E-state index contributed by atoms with van der Waals surface area (Å²) in [6, 6.07) is 0. The van der Waals surface area contributed by atoms with Crippen LogP contribution < -0.4 is 5.32 Å². The molecule has 11 nitrogen and oxygen atoms in total. The van der Waals surface area contributed by atoms with Gasteiger partial charge in [-0.15, -0.1) is 0 Å². The summed E-state index contributed by atoms with van der Waals surface area (Å²) in [6.45, 7) is 17.3. The highest BCUT2D eigenvalue weighted by atomic mass is 16.6. The van der Waals surface area contributed by atoms with Gasteiger partial charge in [-0.25, -0.2) is 0 Å². The molecule has 0 saturated heterocycles. The number of ether oxygens (including phenoxy) is 2. The molecular weight excluding hydrogens is 642 g/mol. The number of fused-ring (bicyclic) bond motifs is 4. The highest BCUT2D eigenvalue weighted by Gasteiger charge is 2.67. The zero-order valence-corrected chi connectivity index (χ0v) is 32.1. The van der Waals surface area contributed by atoms with Crippen molar-refractivity contribution >= 4 is 17.8 Å². The standard InChI is InChI=1S/C39H65NO10/c1-22(11-14-28(42)35(4,5)47)23-15-16-38(8)24-12-13-27-34(2,3)33(26(41)18-37(27,7)25(24)17-29(43)39(23,38)9)50-31(45)20-36(6,48)19-30(44)40-21-32(46)49-10/h22-23,26-29,33,41-43,47-48H,11-21H2,1-10H3,(H,40,44)/t22-,23-,26-,27+,28-,29+,33+,36?,37-,38+,39+/m1/s1. The van der Waals surface area contributed by atoms with E-state index < -0.39 is 77.1 Å². The molecule has 0 aromatic rings. The largest absolute Gasteiger partial charge is 0.468 e. The zero-order valence-electron chi connectivity index (χ0n) is 32.1. The van der Waals surface area contributed by atoms with Crippen molar-refractivity contribution in [2.45, 2.75) is 162 Å². The first-order valence-corrected chi connectivity index (χ1v) is 18.6. The predicted molar refractivity (Wildman–Crippen MR) is 187 cm³/mol. The third-order valence-electron chi connectivity index (χ3n) is 14.2. The van der Waals surface area contributed by atoms with Gasteiger partial charge >= 0.3 is 11.9 Å². The van der Waals surface area contributed by atoms with Crippen LogP contribution in [0.15, 0.2) is 11.1 Å². The Hall–Kier alpha value is -2.05. The smallest absolute Gasteiger partial charge is 0.325 e. The van der Waals surface area contributed by atoms with Gasteiger partial charge in [0.15, 0.2) is 0 Å². The molecule has 1 unspecified atom stereocenters. The van der Waals surface area contributed by atoms with Crippen molar-refractivity contribution in [1.82, 2.24) is 5.32 Å². The Morgan fingerprint density at radius 2 is 1.60 bits per heavy atom. The number of hydrogen-bond donors (Lipinski definition) is 6. The maximum absolute atomic E-state index is 13.2. The molecule has 4 aliphatic rings. The summed E-state index contributed by atoms with van der Waals surface area (Å²) in [5.41, 5.74) is -1.88. The lowest BCUT2D eigenvalue weighted by Gasteiger charge is -2.64. The van der Waals surface area contributed by atoms with Gasteiger partial charge in [-0.2, -0.15) is 0 Å². The number of hydrogen-bond acceptors (Lipinski definition) is 10. The summed E-state index contributed by atoms with van der Waals surface area (Å²) >= 11 is 0. The molecule has 4 aliphatic carbocycles. The van der Waals surface area contributed by atoms with E-state index >= 15 is 0 Å². The lowest BCUT2D eigenvalue weighted by molar-refractivity contribution is -0.198. The minimum absolute atomic E-state index is 0.0548. The molecular formula is C39H65NO10. The second-order valence-corrected chi connectivity index (χ2v) is 18.4. The summed E-state index contributed by atoms with van der Waals surface area (Å²) in [5, 5.41) is 57.9. The van der Waals surface area contributed by atoms with E-state index in [4.69, 9.17) is 4.74 Å². The monoisotopic (exact) mass is 707 g/mol. The maximum atomic E-state index is 13.2. The number of nitrogens with one attached hydrogen (secondary N) is 1. The molecule has 0 radical (unpaired) electrons. The average Bonchev–Trinajstić information content (AvgIpc) is 3.28. The van der Waals surface area contributed by atoms with Crippen LogP contribution in [0.2, 0.25) is 0 Å². The van der Waals surface area contributed by atoms with Gasteiger partial charge in [0, 0.05) is 10.8 Å². The number of carbonyl (C=O) groups excluding carboxylic acids is 3. The molecule has 0 aliphatic heterocycles. The second kappa shape index (κ2) is 14.1. The fourth-order valence-electron chi connectivity index (χ4n) is 11.2. The number of carbonyl (C=O) groups is 3. The first-order valence-electron chi connectivity index (χ1n) is 18.6. The van der Waals surface area contributed by atoms with Gasteiger partial charge < -0.3 is 40.3 Å². The molecule has 11 heteroatoms. The minimum atomic E-state index is -1.73. The molecule has 2 fully saturated rings. The molecule has 2 saturated carbocycles. The van der Waals surface area contributed by atoms with Crippen molar-refractivity contribution in [2.75, 3.05) is 13.7 Å². The molecule has 0 heterocycles. The summed E-state index contributed by atoms with van der Waals surface area (Å²) in [4.78, 5) is 36.8. The Balaban J connectivity index is 1.52. The van der Waals surface area contributed by atoms with Gasteiger partial charge in [0.05, 0.1) is 49.5 Å². The Morgan fingerprint density at radius 3 is 2.20 bits per heavy atom. The van der Waals surface area contributed by atoms with Crippen molar-refractivity contribution in [3.05, 3.63) is 11.1 Å². The number of aliphatic hydroxyl groups excluding tert-OH is 3. The number of methoxy groups -OCH3 is 1. The van der Waals surface area contributed by atoms with E-state index in [0.717, 1.165) is 32.1 Å². The minimum Gasteiger partial charge on any atom is -0.468 e. The van der Waals surface area contributed by atoms with Crippen LogP contribution >= 0.6 is 0 Å². The van der Waals surface area contributed by atoms with Crippen molar-refractivity contribution < 1.29 is 49.4 Å². The van der Waals surface area contributed by atoms with E-state index in [1.807, 2.05) is 13.8 Å². The maximum Gasteiger partial charge on any atom is 0.325 e. The zero-order chi connectivity index (χ0) is 37.8. The highest BCUT2D eigenvalue weighted by molar-refractivity contribution is 5.83. The SMILES string of the molecule is COC(=O)CNC(=O)CC(C)(O)CC(=O)O[C@H]1[C@H](O)C[C@]2(C)C3=C(CC[C@H]2C1(C)C)[C@]1(C)CC[C@H]([C@H](C)CC[C@@H](O)C(C)(C)O)[C@@]1(C)[C@@H](O)C3. The Labute approximate surface area is 298 Å². The number of rotatable bonds is 12. The van der Waals surface area contributed by atoms with Crippen LogP contribution in [0.4, 0.5) is 0 Å². The number of aliphatic hydroxyl groups is 5. The van der Waals surface area contributed by atoms with Gasteiger partial charge in [-0.3, -0.25) is 14.4 Å². The average molecular weight is 708 g/mol. The lowest BCUT2D eigenvalue weighted by Crippen LogP contribution is -2.62. The molecule has 50 heavy (non-hydrogen) atoms. The Bertz CT molecular complexity index is 1330. The number of amides is 1. The quantitative estimate of drug-likeness (QED) is 0.128. The molecule has 11 atom stereocenters. The molecule has 6 N–H and O–H groups in total. The Morgan fingerprint density at radius 1 is 0.960 bits per heavy atom. The summed E-state index contributed by atoms with van der Waals surface area (Å²) < 4.78 is 10.5. The van der Waals surface area contributed by atoms with Crippen LogP contribution in [-0.2, 0) is 23.9 Å². The van der Waals surface area contributed by atoms with Gasteiger partial charge in [-0.05, 0) is 101 Å². The lowest BCUT2D eigenvalue weighted by atomic mass is 9.42. The van der Waals surface area contributed by atoms with E-state index in [2.05, 4.69) is 37.7 Å². The molecule has 4 rings (SSSR count). The fraction of sp³-hybridized carbons (Fsp3) is 0.872. The van der Waals surface area contributed by atoms with Crippen molar-refractivity contribution in [3.63, 3.8) is 0 Å². The molecule has 286 valence electrons. The van der Waals surface area contributed by atoms with E-state index in [0.29, 0.717) is 19.3 Å². The van der Waals surface area contributed by atoms with E-state index in [9.17, 15) is 39.9 Å². The molecule has 1 amide bonds. The predicted octanol–water partition coefficient (Wildman–Crippen LogP) is 3.96. The first-order chi connectivity index (χ1) is 22.8.